The fourth-order valence-corrected chi connectivity index (χ4v) is 7.28. The molecule has 6 nitrogen and oxygen atoms in total. The van der Waals surface area contributed by atoms with Crippen molar-refractivity contribution in [3.63, 3.8) is 0 Å². The van der Waals surface area contributed by atoms with Gasteiger partial charge in [-0.2, -0.15) is 0 Å². The van der Waals surface area contributed by atoms with E-state index in [2.05, 4.69) is 24.1 Å². The zero-order valence-electron chi connectivity index (χ0n) is 21.9. The second kappa shape index (κ2) is 10.3. The van der Waals surface area contributed by atoms with E-state index in [1.165, 1.54) is 44.2 Å². The Balaban J connectivity index is 1.31. The number of halogens is 1. The molecule has 0 spiro atoms. The van der Waals surface area contributed by atoms with Gasteiger partial charge in [0.2, 0.25) is 5.91 Å². The molecule has 1 aliphatic carbocycles. The largest absolute Gasteiger partial charge is 0.447 e. The molecule has 198 valence electrons. The molecule has 7 heteroatoms. The molecule has 36 heavy (non-hydrogen) atoms. The van der Waals surface area contributed by atoms with E-state index < -0.39 is 0 Å². The molecule has 5 rings (SSSR count). The summed E-state index contributed by atoms with van der Waals surface area (Å²) in [4.78, 5) is 30.5. The molecule has 1 aromatic rings. The topological polar surface area (TPSA) is 61.9 Å². The van der Waals surface area contributed by atoms with Crippen LogP contribution in [0.5, 0.6) is 0 Å². The van der Waals surface area contributed by atoms with Crippen LogP contribution in [0.1, 0.15) is 76.7 Å². The number of carbonyl (C=O) groups is 2. The van der Waals surface area contributed by atoms with Crippen LogP contribution in [0.3, 0.4) is 0 Å². The summed E-state index contributed by atoms with van der Waals surface area (Å²) in [7, 11) is 0. The molecule has 1 aromatic carbocycles. The normalized spacial score (nSPS) is 28.7. The second-order valence-corrected chi connectivity index (χ2v) is 12.2. The number of cyclic esters (lactones) is 1. The van der Waals surface area contributed by atoms with Gasteiger partial charge in [0, 0.05) is 26.2 Å². The summed E-state index contributed by atoms with van der Waals surface area (Å²) in [6.45, 7) is 8.38. The predicted molar refractivity (Wildman–Crippen MR) is 137 cm³/mol. The number of nitrogens with zero attached hydrogens (tertiary/aromatic N) is 2. The lowest BCUT2D eigenvalue weighted by Gasteiger charge is -2.51. The van der Waals surface area contributed by atoms with Crippen LogP contribution in [-0.4, -0.2) is 66.7 Å². The lowest BCUT2D eigenvalue weighted by Crippen LogP contribution is -2.56. The van der Waals surface area contributed by atoms with Crippen LogP contribution in [0.4, 0.5) is 9.18 Å². The standard InChI is InChI=1S/C29H42FN3O3/c1-28(2)20-36-27(35)33(28)19-29(22-6-4-3-5-7-22)13-16-32(17-14-29)26(34)25-18-31-15-12-24(25)21-8-10-23(30)11-9-21/h8-11,22,24-25,31H,3-7,12-20H2,1-2H3. The van der Waals surface area contributed by atoms with Crippen molar-refractivity contribution in [2.24, 2.45) is 17.3 Å². The van der Waals surface area contributed by atoms with Gasteiger partial charge in [-0.25, -0.2) is 9.18 Å². The van der Waals surface area contributed by atoms with Crippen LogP contribution in [-0.2, 0) is 9.53 Å². The average molecular weight is 500 g/mol. The van der Waals surface area contributed by atoms with Gasteiger partial charge in [-0.15, -0.1) is 0 Å². The molecule has 1 saturated carbocycles. The monoisotopic (exact) mass is 499 g/mol. The van der Waals surface area contributed by atoms with E-state index in [0.29, 0.717) is 19.1 Å². The molecule has 4 aliphatic rings. The van der Waals surface area contributed by atoms with E-state index in [0.717, 1.165) is 51.0 Å². The Morgan fingerprint density at radius 1 is 1.08 bits per heavy atom. The molecule has 2 amide bonds. The number of piperidine rings is 2. The maximum Gasteiger partial charge on any atom is 0.410 e. The molecule has 0 aromatic heterocycles. The van der Waals surface area contributed by atoms with Gasteiger partial charge >= 0.3 is 6.09 Å². The quantitative estimate of drug-likeness (QED) is 0.624. The molecule has 4 fully saturated rings. The van der Waals surface area contributed by atoms with Gasteiger partial charge in [0.05, 0.1) is 11.5 Å². The van der Waals surface area contributed by atoms with Gasteiger partial charge in [0.1, 0.15) is 12.4 Å². The van der Waals surface area contributed by atoms with Crippen molar-refractivity contribution in [1.29, 1.82) is 0 Å². The van der Waals surface area contributed by atoms with E-state index in [1.807, 2.05) is 17.0 Å². The summed E-state index contributed by atoms with van der Waals surface area (Å²) < 4.78 is 19.0. The van der Waals surface area contributed by atoms with Crippen LogP contribution in [0.15, 0.2) is 24.3 Å². The summed E-state index contributed by atoms with van der Waals surface area (Å²) in [6, 6.07) is 6.69. The smallest absolute Gasteiger partial charge is 0.410 e. The van der Waals surface area contributed by atoms with Crippen LogP contribution in [0.25, 0.3) is 0 Å². The van der Waals surface area contributed by atoms with Crippen LogP contribution < -0.4 is 5.32 Å². The highest BCUT2D eigenvalue weighted by atomic mass is 19.1. The van der Waals surface area contributed by atoms with Crippen LogP contribution in [0.2, 0.25) is 0 Å². The van der Waals surface area contributed by atoms with Crippen molar-refractivity contribution in [1.82, 2.24) is 15.1 Å². The SMILES string of the molecule is CC1(C)COC(=O)N1CC1(C2CCCCC2)CCN(C(=O)C2CNCCC2c2ccc(F)cc2)CC1. The summed E-state index contributed by atoms with van der Waals surface area (Å²) in [5, 5.41) is 3.42. The minimum Gasteiger partial charge on any atom is -0.447 e. The number of rotatable bonds is 5. The fourth-order valence-electron chi connectivity index (χ4n) is 7.28. The van der Waals surface area contributed by atoms with Gasteiger partial charge in [-0.05, 0) is 87.4 Å². The third-order valence-electron chi connectivity index (χ3n) is 9.61. The Labute approximate surface area is 214 Å². The highest BCUT2D eigenvalue weighted by Gasteiger charge is 2.50. The van der Waals surface area contributed by atoms with Crippen molar-refractivity contribution in [2.75, 3.05) is 39.3 Å². The van der Waals surface area contributed by atoms with Gasteiger partial charge in [0.25, 0.3) is 0 Å². The molecule has 2 unspecified atom stereocenters. The average Bonchev–Trinajstić information content (AvgIpc) is 3.16. The van der Waals surface area contributed by atoms with Crippen molar-refractivity contribution in [3.05, 3.63) is 35.6 Å². The molecule has 3 aliphatic heterocycles. The lowest BCUT2D eigenvalue weighted by atomic mass is 9.63. The summed E-state index contributed by atoms with van der Waals surface area (Å²) >= 11 is 0. The Morgan fingerprint density at radius 2 is 1.78 bits per heavy atom. The van der Waals surface area contributed by atoms with Gasteiger partial charge < -0.3 is 15.0 Å². The number of hydrogen-bond donors (Lipinski definition) is 1. The van der Waals surface area contributed by atoms with E-state index in [4.69, 9.17) is 4.74 Å². The maximum absolute atomic E-state index is 13.8. The highest BCUT2D eigenvalue weighted by molar-refractivity contribution is 5.80. The summed E-state index contributed by atoms with van der Waals surface area (Å²) in [6.07, 6.45) is 8.82. The molecule has 3 saturated heterocycles. The second-order valence-electron chi connectivity index (χ2n) is 12.2. The molecule has 1 N–H and O–H groups in total. The van der Waals surface area contributed by atoms with E-state index in [-0.39, 0.29) is 40.6 Å². The predicted octanol–water partition coefficient (Wildman–Crippen LogP) is 4.94. The van der Waals surface area contributed by atoms with Gasteiger partial charge in [-0.3, -0.25) is 9.69 Å². The number of nitrogens with one attached hydrogen (secondary N) is 1. The van der Waals surface area contributed by atoms with E-state index in [1.54, 1.807) is 0 Å². The highest BCUT2D eigenvalue weighted by Crippen LogP contribution is 2.48. The zero-order chi connectivity index (χ0) is 25.3. The number of amides is 2. The van der Waals surface area contributed by atoms with Crippen LogP contribution >= 0.6 is 0 Å². The fraction of sp³-hybridized carbons (Fsp3) is 0.724. The molecule has 0 bridgehead atoms. The number of benzene rings is 1. The van der Waals surface area contributed by atoms with Crippen molar-refractivity contribution < 1.29 is 18.7 Å². The third kappa shape index (κ3) is 5.00. The first-order valence-corrected chi connectivity index (χ1v) is 14.0. The first kappa shape index (κ1) is 25.5. The molecule has 2 atom stereocenters. The molecule has 0 radical (unpaired) electrons. The van der Waals surface area contributed by atoms with Crippen LogP contribution in [0, 0.1) is 23.1 Å². The molecular weight excluding hydrogens is 457 g/mol. The number of hydrogen-bond acceptors (Lipinski definition) is 4. The summed E-state index contributed by atoms with van der Waals surface area (Å²) in [5.41, 5.74) is 0.806. The Morgan fingerprint density at radius 3 is 2.42 bits per heavy atom. The number of likely N-dealkylation sites (tertiary alicyclic amines) is 1. The Bertz CT molecular complexity index is 936. The van der Waals surface area contributed by atoms with Crippen molar-refractivity contribution in [3.8, 4) is 0 Å². The Hall–Kier alpha value is -2.15. The van der Waals surface area contributed by atoms with Gasteiger partial charge in [0.15, 0.2) is 0 Å². The molecule has 3 heterocycles. The molecular formula is C29H42FN3O3. The third-order valence-corrected chi connectivity index (χ3v) is 9.61. The van der Waals surface area contributed by atoms with E-state index in [9.17, 15) is 14.0 Å². The summed E-state index contributed by atoms with van der Waals surface area (Å²) in [5.74, 6) is 0.560. The van der Waals surface area contributed by atoms with Crippen molar-refractivity contribution in [2.45, 2.75) is 76.7 Å². The maximum atomic E-state index is 13.8. The minimum atomic E-state index is -0.290. The lowest BCUT2D eigenvalue weighted by molar-refractivity contribution is -0.140. The first-order chi connectivity index (χ1) is 17.3. The first-order valence-electron chi connectivity index (χ1n) is 14.0. The Kier molecular flexibility index (Phi) is 7.30. The minimum absolute atomic E-state index is 0.0407. The van der Waals surface area contributed by atoms with Crippen molar-refractivity contribution >= 4 is 12.0 Å². The van der Waals surface area contributed by atoms with E-state index >= 15 is 0 Å². The number of ether oxygens (including phenoxy) is 1. The van der Waals surface area contributed by atoms with Gasteiger partial charge in [-0.1, -0.05) is 31.4 Å². The number of carbonyl (C=O) groups excluding carboxylic acids is 2. The zero-order valence-corrected chi connectivity index (χ0v) is 21.9.